The van der Waals surface area contributed by atoms with Gasteiger partial charge in [-0.1, -0.05) is 153 Å². The van der Waals surface area contributed by atoms with Crippen LogP contribution in [-0.4, -0.2) is 9.13 Å². The third-order valence-electron chi connectivity index (χ3n) is 12.9. The summed E-state index contributed by atoms with van der Waals surface area (Å²) in [7, 11) is 0. The van der Waals surface area contributed by atoms with Crippen molar-refractivity contribution in [3.8, 4) is 55.9 Å². The molecule has 1 aliphatic carbocycles. The fraction of sp³-hybridized carbons (Fsp3) is 0.0526. The molecular weight excluding hydrogens is 713 g/mol. The normalized spacial score (nSPS) is 13.1. The number of aromatic nitrogens is 2. The Morgan fingerprint density at radius 1 is 0.288 bits per heavy atom. The van der Waals surface area contributed by atoms with Gasteiger partial charge in [0.05, 0.1) is 22.1 Å². The van der Waals surface area contributed by atoms with E-state index >= 15 is 0 Å². The molecular formula is C57H40N2. The molecule has 2 aromatic heterocycles. The van der Waals surface area contributed by atoms with Crippen molar-refractivity contribution < 1.29 is 0 Å². The van der Waals surface area contributed by atoms with E-state index < -0.39 is 0 Å². The molecule has 0 bridgehead atoms. The highest BCUT2D eigenvalue weighted by Crippen LogP contribution is 2.51. The predicted molar refractivity (Wildman–Crippen MR) is 249 cm³/mol. The van der Waals surface area contributed by atoms with Crippen LogP contribution in [0.25, 0.3) is 99.5 Å². The monoisotopic (exact) mass is 752 g/mol. The molecule has 0 saturated heterocycles. The van der Waals surface area contributed by atoms with Crippen LogP contribution in [0.15, 0.2) is 206 Å². The molecule has 278 valence electrons. The van der Waals surface area contributed by atoms with E-state index in [0.29, 0.717) is 0 Å². The Balaban J connectivity index is 1.05. The van der Waals surface area contributed by atoms with Crippen molar-refractivity contribution in [1.29, 1.82) is 0 Å². The Kier molecular flexibility index (Phi) is 7.31. The van der Waals surface area contributed by atoms with Gasteiger partial charge in [-0.2, -0.15) is 0 Å². The standard InChI is InChI=1S/C57H40N2/c1-57(2)51-22-11-9-20-45(51)47-36-56-50(35-52(47)57)49-34-42(27-31-55(49)58(56)43-28-24-39(25-29-43)37-14-5-3-6-15-37)41-26-30-54-48(33-41)46-21-10-12-23-53(46)59(54)44-19-13-18-40(32-44)38-16-7-4-8-17-38/h3-36H,1-2H3. The van der Waals surface area contributed by atoms with Crippen molar-refractivity contribution in [3.05, 3.63) is 217 Å². The van der Waals surface area contributed by atoms with E-state index in [4.69, 9.17) is 0 Å². The number of hydrogen-bond donors (Lipinski definition) is 0. The fourth-order valence-electron chi connectivity index (χ4n) is 9.99. The summed E-state index contributed by atoms with van der Waals surface area (Å²) in [5, 5.41) is 5.05. The van der Waals surface area contributed by atoms with Crippen molar-refractivity contribution in [2.24, 2.45) is 0 Å². The van der Waals surface area contributed by atoms with Gasteiger partial charge in [0.15, 0.2) is 0 Å². The number of rotatable bonds is 5. The quantitative estimate of drug-likeness (QED) is 0.166. The maximum absolute atomic E-state index is 2.49. The van der Waals surface area contributed by atoms with Gasteiger partial charge in [-0.3, -0.25) is 0 Å². The van der Waals surface area contributed by atoms with E-state index in [-0.39, 0.29) is 5.41 Å². The Hall–Kier alpha value is -7.42. The zero-order chi connectivity index (χ0) is 39.2. The van der Waals surface area contributed by atoms with Crippen LogP contribution < -0.4 is 0 Å². The van der Waals surface area contributed by atoms with Crippen LogP contribution in [0.5, 0.6) is 0 Å². The van der Waals surface area contributed by atoms with Crippen LogP contribution >= 0.6 is 0 Å². The molecule has 0 radical (unpaired) electrons. The zero-order valence-electron chi connectivity index (χ0n) is 33.0. The molecule has 2 heteroatoms. The third kappa shape index (κ3) is 5.13. The second kappa shape index (κ2) is 12.8. The second-order valence-corrected chi connectivity index (χ2v) is 16.6. The number of fused-ring (bicyclic) bond motifs is 9. The first-order chi connectivity index (χ1) is 29.0. The molecule has 59 heavy (non-hydrogen) atoms. The molecule has 0 spiro atoms. The Morgan fingerprint density at radius 2 is 0.797 bits per heavy atom. The molecule has 0 saturated carbocycles. The van der Waals surface area contributed by atoms with Crippen molar-refractivity contribution >= 4 is 43.6 Å². The molecule has 0 unspecified atom stereocenters. The molecule has 2 nitrogen and oxygen atoms in total. The first kappa shape index (κ1) is 33.7. The van der Waals surface area contributed by atoms with E-state index in [9.17, 15) is 0 Å². The number of benzene rings is 9. The highest BCUT2D eigenvalue weighted by Gasteiger charge is 2.36. The summed E-state index contributed by atoms with van der Waals surface area (Å²) in [6, 6.07) is 76.1. The van der Waals surface area contributed by atoms with Crippen LogP contribution in [0.3, 0.4) is 0 Å². The van der Waals surface area contributed by atoms with Crippen LogP contribution in [0.4, 0.5) is 0 Å². The summed E-state index contributed by atoms with van der Waals surface area (Å²) >= 11 is 0. The zero-order valence-corrected chi connectivity index (χ0v) is 33.0. The Bertz CT molecular complexity index is 3440. The molecule has 0 fully saturated rings. The predicted octanol–water partition coefficient (Wildman–Crippen LogP) is 15.2. The highest BCUT2D eigenvalue weighted by molar-refractivity contribution is 6.14. The summed E-state index contributed by atoms with van der Waals surface area (Å²) < 4.78 is 4.89. The highest BCUT2D eigenvalue weighted by atomic mass is 15.0. The van der Waals surface area contributed by atoms with E-state index in [1.165, 1.54) is 99.2 Å². The van der Waals surface area contributed by atoms with Crippen molar-refractivity contribution in [3.63, 3.8) is 0 Å². The maximum atomic E-state index is 2.49. The van der Waals surface area contributed by atoms with E-state index in [1.807, 2.05) is 0 Å². The SMILES string of the molecule is CC1(C)c2ccccc2-c2cc3c(cc21)c1cc(-c2ccc4c(c2)c2ccccc2n4-c2cccc(-c4ccccc4)c2)ccc1n3-c1ccc(-c2ccccc2)cc1. The van der Waals surface area contributed by atoms with Gasteiger partial charge in [0.1, 0.15) is 0 Å². The van der Waals surface area contributed by atoms with Crippen LogP contribution in [-0.2, 0) is 5.41 Å². The third-order valence-corrected chi connectivity index (χ3v) is 12.9. The smallest absolute Gasteiger partial charge is 0.0547 e. The van der Waals surface area contributed by atoms with E-state index in [2.05, 4.69) is 229 Å². The van der Waals surface area contributed by atoms with Gasteiger partial charge in [0.2, 0.25) is 0 Å². The van der Waals surface area contributed by atoms with Gasteiger partial charge in [-0.15, -0.1) is 0 Å². The molecule has 0 aliphatic heterocycles. The number of para-hydroxylation sites is 1. The van der Waals surface area contributed by atoms with Crippen LogP contribution in [0, 0.1) is 0 Å². The number of hydrogen-bond acceptors (Lipinski definition) is 0. The lowest BCUT2D eigenvalue weighted by Crippen LogP contribution is -2.14. The van der Waals surface area contributed by atoms with E-state index in [0.717, 1.165) is 11.4 Å². The summed E-state index contributed by atoms with van der Waals surface area (Å²) in [4.78, 5) is 0. The minimum Gasteiger partial charge on any atom is -0.309 e. The fourth-order valence-corrected chi connectivity index (χ4v) is 9.99. The van der Waals surface area contributed by atoms with Gasteiger partial charge in [0.25, 0.3) is 0 Å². The lowest BCUT2D eigenvalue weighted by atomic mass is 9.82. The second-order valence-electron chi connectivity index (χ2n) is 16.6. The lowest BCUT2D eigenvalue weighted by molar-refractivity contribution is 0.661. The van der Waals surface area contributed by atoms with Gasteiger partial charge in [-0.05, 0) is 122 Å². The average molecular weight is 753 g/mol. The number of nitrogens with zero attached hydrogens (tertiary/aromatic N) is 2. The van der Waals surface area contributed by atoms with Crippen LogP contribution in [0.1, 0.15) is 25.0 Å². The largest absolute Gasteiger partial charge is 0.309 e. The first-order valence-corrected chi connectivity index (χ1v) is 20.6. The van der Waals surface area contributed by atoms with Crippen LogP contribution in [0.2, 0.25) is 0 Å². The molecule has 9 aromatic carbocycles. The average Bonchev–Trinajstić information content (AvgIpc) is 3.88. The summed E-state index contributed by atoms with van der Waals surface area (Å²) in [6.07, 6.45) is 0. The summed E-state index contributed by atoms with van der Waals surface area (Å²) in [5.74, 6) is 0. The maximum Gasteiger partial charge on any atom is 0.0547 e. The topological polar surface area (TPSA) is 9.86 Å². The van der Waals surface area contributed by atoms with Crippen molar-refractivity contribution in [1.82, 2.24) is 9.13 Å². The van der Waals surface area contributed by atoms with Gasteiger partial charge in [-0.25, -0.2) is 0 Å². The Labute approximate surface area is 343 Å². The van der Waals surface area contributed by atoms with Crippen molar-refractivity contribution in [2.75, 3.05) is 0 Å². The van der Waals surface area contributed by atoms with Gasteiger partial charge < -0.3 is 9.13 Å². The lowest BCUT2D eigenvalue weighted by Gasteiger charge is -2.21. The molecule has 0 amide bonds. The molecule has 0 atom stereocenters. The van der Waals surface area contributed by atoms with Gasteiger partial charge in [0, 0.05) is 38.3 Å². The molecule has 0 N–H and O–H groups in total. The minimum atomic E-state index is -0.0939. The molecule has 1 aliphatic rings. The first-order valence-electron chi connectivity index (χ1n) is 20.6. The summed E-state index contributed by atoms with van der Waals surface area (Å²) in [6.45, 7) is 4.75. The van der Waals surface area contributed by atoms with E-state index in [1.54, 1.807) is 0 Å². The summed E-state index contributed by atoms with van der Waals surface area (Å²) in [5.41, 5.74) is 19.8. The van der Waals surface area contributed by atoms with Crippen molar-refractivity contribution in [2.45, 2.75) is 19.3 Å². The minimum absolute atomic E-state index is 0.0939. The molecule has 12 rings (SSSR count). The molecule has 11 aromatic rings. The molecule has 2 heterocycles. The van der Waals surface area contributed by atoms with Gasteiger partial charge >= 0.3 is 0 Å². The Morgan fingerprint density at radius 3 is 1.53 bits per heavy atom.